The number of hydrogen-bond donors (Lipinski definition) is 1. The second-order valence-corrected chi connectivity index (χ2v) is 11.7. The topological polar surface area (TPSA) is 61.9 Å². The van der Waals surface area contributed by atoms with Crippen LogP contribution in [0.1, 0.15) is 44.4 Å². The summed E-state index contributed by atoms with van der Waals surface area (Å²) in [7, 11) is 0. The number of amides is 2. The van der Waals surface area contributed by atoms with E-state index in [-0.39, 0.29) is 11.9 Å². The molecule has 1 N–H and O–H groups in total. The Morgan fingerprint density at radius 3 is 2.22 bits per heavy atom. The van der Waals surface area contributed by atoms with Gasteiger partial charge < -0.3 is 19.9 Å². The summed E-state index contributed by atoms with van der Waals surface area (Å²) in [6.07, 6.45) is 0.377. The van der Waals surface area contributed by atoms with Crippen LogP contribution < -0.4 is 10.1 Å². The molecule has 5 rings (SSSR count). The lowest BCUT2D eigenvalue weighted by molar-refractivity contribution is 0.0772. The Kier molecular flexibility index (Phi) is 7.63. The van der Waals surface area contributed by atoms with Gasteiger partial charge in [-0.25, -0.2) is 4.79 Å². The molecule has 7 heteroatoms. The van der Waals surface area contributed by atoms with Gasteiger partial charge in [-0.15, -0.1) is 11.3 Å². The molecule has 194 valence electrons. The molecule has 0 radical (unpaired) electrons. The molecule has 3 heterocycles. The van der Waals surface area contributed by atoms with Crippen LogP contribution in [0.3, 0.4) is 0 Å². The number of carbonyl (C=O) groups excluding carboxylic acids is 2. The average molecular weight is 518 g/mol. The van der Waals surface area contributed by atoms with Crippen molar-refractivity contribution in [1.29, 1.82) is 0 Å². The number of aryl methyl sites for hydroxylation is 3. The van der Waals surface area contributed by atoms with Gasteiger partial charge in [0.1, 0.15) is 0 Å². The summed E-state index contributed by atoms with van der Waals surface area (Å²) >= 11 is 1.46. The summed E-state index contributed by atoms with van der Waals surface area (Å²) < 4.78 is 5.52. The predicted octanol–water partition coefficient (Wildman–Crippen LogP) is 5.60. The molecule has 0 spiro atoms. The molecule has 2 aliphatic rings. The van der Waals surface area contributed by atoms with Gasteiger partial charge in [0.05, 0.1) is 6.04 Å². The number of rotatable bonds is 7. The van der Waals surface area contributed by atoms with Crippen molar-refractivity contribution in [3.63, 3.8) is 0 Å². The van der Waals surface area contributed by atoms with Gasteiger partial charge in [0.15, 0.2) is 5.06 Å². The predicted molar refractivity (Wildman–Crippen MR) is 147 cm³/mol. The third kappa shape index (κ3) is 5.89. The van der Waals surface area contributed by atoms with Gasteiger partial charge in [-0.3, -0.25) is 4.79 Å². The van der Waals surface area contributed by atoms with Crippen LogP contribution in [0, 0.1) is 32.6 Å². The molecule has 0 bridgehead atoms. The van der Waals surface area contributed by atoms with Crippen molar-refractivity contribution in [3.8, 4) is 5.06 Å². The lowest BCUT2D eigenvalue weighted by atomic mass is 10.0. The molecule has 2 amide bonds. The zero-order valence-electron chi connectivity index (χ0n) is 21.8. The maximum Gasteiger partial charge on any atom is 0.413 e. The third-order valence-corrected chi connectivity index (χ3v) is 8.56. The van der Waals surface area contributed by atoms with E-state index in [1.54, 1.807) is 0 Å². The van der Waals surface area contributed by atoms with E-state index in [0.29, 0.717) is 16.9 Å². The molecule has 3 aromatic rings. The number of benzene rings is 2. The van der Waals surface area contributed by atoms with Gasteiger partial charge in [0.2, 0.25) is 0 Å². The van der Waals surface area contributed by atoms with Gasteiger partial charge in [0.25, 0.3) is 5.91 Å². The van der Waals surface area contributed by atoms with Crippen molar-refractivity contribution in [1.82, 2.24) is 15.1 Å². The number of fused-ring (bicyclic) bond motifs is 1. The summed E-state index contributed by atoms with van der Waals surface area (Å²) in [4.78, 5) is 31.6. The van der Waals surface area contributed by atoms with Crippen LogP contribution in [-0.2, 0) is 0 Å². The fourth-order valence-electron chi connectivity index (χ4n) is 5.80. The molecule has 6 nitrogen and oxygen atoms in total. The first-order valence-electron chi connectivity index (χ1n) is 13.0. The van der Waals surface area contributed by atoms with Crippen molar-refractivity contribution in [2.75, 3.05) is 32.7 Å². The van der Waals surface area contributed by atoms with Gasteiger partial charge in [0, 0.05) is 43.2 Å². The van der Waals surface area contributed by atoms with E-state index in [9.17, 15) is 9.59 Å². The Morgan fingerprint density at radius 1 is 0.919 bits per heavy atom. The normalized spacial score (nSPS) is 20.0. The Labute approximate surface area is 223 Å². The van der Waals surface area contributed by atoms with Gasteiger partial charge in [-0.1, -0.05) is 48.5 Å². The number of thiophene rings is 1. The van der Waals surface area contributed by atoms with E-state index in [4.69, 9.17) is 4.74 Å². The monoisotopic (exact) mass is 517 g/mol. The highest BCUT2D eigenvalue weighted by molar-refractivity contribution is 7.13. The quantitative estimate of drug-likeness (QED) is 0.443. The minimum absolute atomic E-state index is 0.127. The van der Waals surface area contributed by atoms with Gasteiger partial charge >= 0.3 is 6.09 Å². The second kappa shape index (κ2) is 11.1. The molecule has 0 aliphatic carbocycles. The fourth-order valence-corrected chi connectivity index (χ4v) is 6.50. The first-order valence-corrected chi connectivity index (χ1v) is 13.9. The summed E-state index contributed by atoms with van der Waals surface area (Å²) in [6, 6.07) is 19.8. The Hall–Kier alpha value is -3.16. The number of likely N-dealkylation sites (tertiary alicyclic amines) is 2. The lowest BCUT2D eigenvalue weighted by Crippen LogP contribution is -2.36. The summed E-state index contributed by atoms with van der Waals surface area (Å²) in [5.41, 5.74) is 4.04. The standard InChI is InChI=1S/C30H35N3O3S/c1-20-8-7-9-21(2)28(20)29(34)33-18-24-16-32(17-25(24)19-33)15-14-26(23-10-5-4-6-11-23)31-30(35)36-27-13-12-22(3)37-27/h4-13,24-26H,14-19H2,1-3H3,(H,31,35)/t24-,25?,26?/m0/s1. The lowest BCUT2D eigenvalue weighted by Gasteiger charge is -2.25. The number of ether oxygens (including phenoxy) is 1. The van der Waals surface area contributed by atoms with Crippen LogP contribution in [0.25, 0.3) is 0 Å². The SMILES string of the molecule is Cc1ccc(OC(=O)NC(CCN2CC3CN(C(=O)c4c(C)cccc4C)C[C@@H]3C2)c2ccccc2)s1. The minimum Gasteiger partial charge on any atom is -0.399 e. The first-order chi connectivity index (χ1) is 17.9. The van der Waals surface area contributed by atoms with Crippen molar-refractivity contribution in [2.24, 2.45) is 11.8 Å². The van der Waals surface area contributed by atoms with Crippen molar-refractivity contribution >= 4 is 23.3 Å². The van der Waals surface area contributed by atoms with Crippen molar-refractivity contribution in [2.45, 2.75) is 33.2 Å². The highest BCUT2D eigenvalue weighted by Gasteiger charge is 2.42. The summed E-state index contributed by atoms with van der Waals surface area (Å²) in [5.74, 6) is 1.18. The number of nitrogens with one attached hydrogen (secondary N) is 1. The summed E-state index contributed by atoms with van der Waals surface area (Å²) in [6.45, 7) is 10.5. The number of carbonyl (C=O) groups is 2. The molecule has 2 aromatic carbocycles. The van der Waals surface area contributed by atoms with Crippen molar-refractivity contribution < 1.29 is 14.3 Å². The average Bonchev–Trinajstić information content (AvgIpc) is 3.57. The molecule has 3 atom stereocenters. The summed E-state index contributed by atoms with van der Waals surface area (Å²) in [5, 5.41) is 3.69. The molecule has 1 aromatic heterocycles. The van der Waals surface area contributed by atoms with Crippen LogP contribution in [0.15, 0.2) is 60.7 Å². The van der Waals surface area contributed by atoms with E-state index in [2.05, 4.69) is 27.2 Å². The van der Waals surface area contributed by atoms with E-state index < -0.39 is 6.09 Å². The minimum atomic E-state index is -0.422. The molecule has 2 unspecified atom stereocenters. The molecule has 0 saturated carbocycles. The molecule has 2 fully saturated rings. The molecular formula is C30H35N3O3S. The number of hydrogen-bond acceptors (Lipinski definition) is 5. The Bertz CT molecular complexity index is 1220. The highest BCUT2D eigenvalue weighted by Crippen LogP contribution is 2.33. The van der Waals surface area contributed by atoms with Crippen LogP contribution in [-0.4, -0.2) is 54.5 Å². The van der Waals surface area contributed by atoms with Gasteiger partial charge in [-0.05, 0) is 67.9 Å². The largest absolute Gasteiger partial charge is 0.413 e. The highest BCUT2D eigenvalue weighted by atomic mass is 32.1. The molecule has 2 aliphatic heterocycles. The van der Waals surface area contributed by atoms with Crippen LogP contribution in [0.4, 0.5) is 4.79 Å². The smallest absolute Gasteiger partial charge is 0.399 e. The van der Waals surface area contributed by atoms with E-state index in [0.717, 1.165) is 66.3 Å². The first kappa shape index (κ1) is 25.5. The molecule has 2 saturated heterocycles. The van der Waals surface area contributed by atoms with Gasteiger partial charge in [-0.2, -0.15) is 0 Å². The van der Waals surface area contributed by atoms with Crippen molar-refractivity contribution in [3.05, 3.63) is 87.8 Å². The Balaban J connectivity index is 1.16. The zero-order chi connectivity index (χ0) is 25.9. The van der Waals surface area contributed by atoms with E-state index in [1.807, 2.05) is 69.3 Å². The third-order valence-electron chi connectivity index (χ3n) is 7.68. The van der Waals surface area contributed by atoms with E-state index >= 15 is 0 Å². The second-order valence-electron chi connectivity index (χ2n) is 10.4. The van der Waals surface area contributed by atoms with Crippen LogP contribution >= 0.6 is 11.3 Å². The molecule has 37 heavy (non-hydrogen) atoms. The maximum atomic E-state index is 13.3. The molecular weight excluding hydrogens is 482 g/mol. The zero-order valence-corrected chi connectivity index (χ0v) is 22.6. The Morgan fingerprint density at radius 2 is 1.59 bits per heavy atom. The fraction of sp³-hybridized carbons (Fsp3) is 0.400. The van der Waals surface area contributed by atoms with Crippen LogP contribution in [0.2, 0.25) is 0 Å². The maximum absolute atomic E-state index is 13.3. The van der Waals surface area contributed by atoms with Crippen LogP contribution in [0.5, 0.6) is 5.06 Å². The number of nitrogens with zero attached hydrogens (tertiary/aromatic N) is 2. The van der Waals surface area contributed by atoms with E-state index in [1.165, 1.54) is 11.3 Å².